The Kier molecular flexibility index (Phi) is 4.34. The molecule has 76 valence electrons. The fraction of sp³-hybridized carbons (Fsp3) is 0.857. The monoisotopic (exact) mass is 205 g/mol. The van der Waals surface area contributed by atoms with Gasteiger partial charge in [0.25, 0.3) is 0 Å². The van der Waals surface area contributed by atoms with Gasteiger partial charge in [-0.3, -0.25) is 19.3 Å². The second-order valence-corrected chi connectivity index (χ2v) is 4.74. The summed E-state index contributed by atoms with van der Waals surface area (Å²) < 4.78 is 11.1. The van der Waals surface area contributed by atoms with Crippen LogP contribution in [0, 0.1) is 0 Å². The van der Waals surface area contributed by atoms with E-state index in [9.17, 15) is 9.00 Å². The van der Waals surface area contributed by atoms with Gasteiger partial charge in [-0.2, -0.15) is 0 Å². The van der Waals surface area contributed by atoms with Gasteiger partial charge in [0.1, 0.15) is 0 Å². The SMILES string of the molecule is NNC(=O)CN1CCCS(=O)CC1. The predicted octanol–water partition coefficient (Wildman–Crippen LogP) is -1.57. The van der Waals surface area contributed by atoms with Crippen LogP contribution in [0.4, 0.5) is 0 Å². The van der Waals surface area contributed by atoms with Crippen molar-refractivity contribution in [3.8, 4) is 0 Å². The highest BCUT2D eigenvalue weighted by Gasteiger charge is 2.14. The molecular formula is C7H15N3O2S. The lowest BCUT2D eigenvalue weighted by molar-refractivity contribution is -0.122. The first kappa shape index (κ1) is 10.6. The topological polar surface area (TPSA) is 75.4 Å². The third-order valence-electron chi connectivity index (χ3n) is 2.01. The summed E-state index contributed by atoms with van der Waals surface area (Å²) in [6.45, 7) is 1.87. The Labute approximate surface area is 80.1 Å². The standard InChI is InChI=1S/C7H15N3O2S/c8-9-7(11)6-10-2-1-4-13(12)5-3-10/h1-6,8H2,(H,9,11). The Morgan fingerprint density at radius 1 is 1.46 bits per heavy atom. The highest BCUT2D eigenvalue weighted by atomic mass is 32.2. The minimum atomic E-state index is -0.700. The normalized spacial score (nSPS) is 25.2. The molecule has 0 saturated carbocycles. The van der Waals surface area contributed by atoms with E-state index in [0.717, 1.165) is 25.3 Å². The first-order valence-electron chi connectivity index (χ1n) is 4.29. The second kappa shape index (κ2) is 5.31. The van der Waals surface area contributed by atoms with E-state index >= 15 is 0 Å². The maximum Gasteiger partial charge on any atom is 0.248 e. The minimum absolute atomic E-state index is 0.187. The van der Waals surface area contributed by atoms with E-state index in [1.807, 2.05) is 4.90 Å². The van der Waals surface area contributed by atoms with Crippen molar-refractivity contribution < 1.29 is 9.00 Å². The molecule has 1 atom stereocenters. The average Bonchev–Trinajstić information content (AvgIpc) is 2.31. The number of rotatable bonds is 2. The molecule has 1 amide bonds. The summed E-state index contributed by atoms with van der Waals surface area (Å²) in [5.41, 5.74) is 2.09. The van der Waals surface area contributed by atoms with Crippen molar-refractivity contribution in [2.45, 2.75) is 6.42 Å². The van der Waals surface area contributed by atoms with Gasteiger partial charge in [0.05, 0.1) is 6.54 Å². The largest absolute Gasteiger partial charge is 0.294 e. The number of nitrogens with zero attached hydrogens (tertiary/aromatic N) is 1. The maximum atomic E-state index is 11.1. The highest BCUT2D eigenvalue weighted by Crippen LogP contribution is 2.00. The summed E-state index contributed by atoms with van der Waals surface area (Å²) in [5, 5.41) is 0. The summed E-state index contributed by atoms with van der Waals surface area (Å²) in [6.07, 6.45) is 0.893. The van der Waals surface area contributed by atoms with E-state index in [1.165, 1.54) is 0 Å². The van der Waals surface area contributed by atoms with E-state index in [-0.39, 0.29) is 5.91 Å². The molecule has 1 aliphatic heterocycles. The molecule has 5 nitrogen and oxygen atoms in total. The predicted molar refractivity (Wildman–Crippen MR) is 51.3 cm³/mol. The smallest absolute Gasteiger partial charge is 0.248 e. The van der Waals surface area contributed by atoms with Crippen molar-refractivity contribution in [3.05, 3.63) is 0 Å². The zero-order chi connectivity index (χ0) is 9.68. The fourth-order valence-electron chi connectivity index (χ4n) is 1.30. The van der Waals surface area contributed by atoms with Crippen LogP contribution in [0.25, 0.3) is 0 Å². The zero-order valence-electron chi connectivity index (χ0n) is 7.49. The van der Waals surface area contributed by atoms with Gasteiger partial charge in [-0.1, -0.05) is 0 Å². The maximum absolute atomic E-state index is 11.1. The van der Waals surface area contributed by atoms with Gasteiger partial charge in [0.15, 0.2) is 0 Å². The molecule has 1 aliphatic rings. The lowest BCUT2D eigenvalue weighted by Crippen LogP contribution is -2.41. The van der Waals surface area contributed by atoms with Gasteiger partial charge < -0.3 is 0 Å². The first-order chi connectivity index (χ1) is 6.22. The van der Waals surface area contributed by atoms with E-state index in [0.29, 0.717) is 12.3 Å². The van der Waals surface area contributed by atoms with Gasteiger partial charge >= 0.3 is 0 Å². The molecule has 0 aromatic rings. The molecule has 13 heavy (non-hydrogen) atoms. The summed E-state index contributed by atoms with van der Waals surface area (Å²) in [4.78, 5) is 12.9. The van der Waals surface area contributed by atoms with Crippen LogP contribution in [-0.2, 0) is 15.6 Å². The number of nitrogens with two attached hydrogens (primary N) is 1. The molecule has 1 saturated heterocycles. The highest BCUT2D eigenvalue weighted by molar-refractivity contribution is 7.85. The number of carbonyl (C=O) groups is 1. The molecular weight excluding hydrogens is 190 g/mol. The van der Waals surface area contributed by atoms with E-state index in [1.54, 1.807) is 0 Å². The molecule has 1 fully saturated rings. The minimum Gasteiger partial charge on any atom is -0.294 e. The Morgan fingerprint density at radius 3 is 2.92 bits per heavy atom. The van der Waals surface area contributed by atoms with Gasteiger partial charge in [-0.05, 0) is 13.0 Å². The molecule has 1 unspecified atom stereocenters. The average molecular weight is 205 g/mol. The lowest BCUT2D eigenvalue weighted by Gasteiger charge is -2.17. The molecule has 3 N–H and O–H groups in total. The van der Waals surface area contributed by atoms with Crippen molar-refractivity contribution in [3.63, 3.8) is 0 Å². The number of hydrogen-bond acceptors (Lipinski definition) is 4. The van der Waals surface area contributed by atoms with Crippen LogP contribution in [-0.4, -0.2) is 46.2 Å². The van der Waals surface area contributed by atoms with Gasteiger partial charge in [0, 0.05) is 28.9 Å². The summed E-state index contributed by atoms with van der Waals surface area (Å²) in [5.74, 6) is 6.20. The molecule has 0 aromatic carbocycles. The third kappa shape index (κ3) is 3.84. The first-order valence-corrected chi connectivity index (χ1v) is 5.78. The fourth-order valence-corrected chi connectivity index (χ4v) is 2.42. The molecule has 6 heteroatoms. The van der Waals surface area contributed by atoms with Gasteiger partial charge in [0.2, 0.25) is 5.91 Å². The number of nitrogens with one attached hydrogen (secondary N) is 1. The molecule has 1 heterocycles. The van der Waals surface area contributed by atoms with Gasteiger partial charge in [-0.15, -0.1) is 0 Å². The number of hydrogen-bond donors (Lipinski definition) is 2. The second-order valence-electron chi connectivity index (χ2n) is 3.05. The van der Waals surface area contributed by atoms with Crippen molar-refractivity contribution in [1.29, 1.82) is 0 Å². The van der Waals surface area contributed by atoms with Crippen LogP contribution in [0.15, 0.2) is 0 Å². The number of carbonyl (C=O) groups excluding carboxylic acids is 1. The number of amides is 1. The zero-order valence-corrected chi connectivity index (χ0v) is 8.31. The molecule has 0 spiro atoms. The van der Waals surface area contributed by atoms with Crippen molar-refractivity contribution in [1.82, 2.24) is 10.3 Å². The Morgan fingerprint density at radius 2 is 2.23 bits per heavy atom. The van der Waals surface area contributed by atoms with Crippen LogP contribution >= 0.6 is 0 Å². The van der Waals surface area contributed by atoms with Gasteiger partial charge in [-0.25, -0.2) is 5.84 Å². The number of hydrazine groups is 1. The van der Waals surface area contributed by atoms with Crippen molar-refractivity contribution in [2.24, 2.45) is 5.84 Å². The van der Waals surface area contributed by atoms with Crippen LogP contribution in [0.3, 0.4) is 0 Å². The summed E-state index contributed by atoms with van der Waals surface area (Å²) >= 11 is 0. The summed E-state index contributed by atoms with van der Waals surface area (Å²) in [7, 11) is -0.700. The molecule has 0 radical (unpaired) electrons. The molecule has 0 aliphatic carbocycles. The summed E-state index contributed by atoms with van der Waals surface area (Å²) in [6, 6.07) is 0. The van der Waals surface area contributed by atoms with Crippen LogP contribution in [0.5, 0.6) is 0 Å². The molecule has 1 rings (SSSR count). The Hall–Kier alpha value is -0.460. The Bertz CT molecular complexity index is 210. The van der Waals surface area contributed by atoms with E-state index in [2.05, 4.69) is 5.43 Å². The third-order valence-corrected chi connectivity index (χ3v) is 3.39. The van der Waals surface area contributed by atoms with E-state index in [4.69, 9.17) is 5.84 Å². The molecule has 0 bridgehead atoms. The van der Waals surface area contributed by atoms with Crippen molar-refractivity contribution >= 4 is 16.7 Å². The van der Waals surface area contributed by atoms with Crippen LogP contribution in [0.1, 0.15) is 6.42 Å². The lowest BCUT2D eigenvalue weighted by atomic mass is 10.4. The quantitative estimate of drug-likeness (QED) is 0.324. The van der Waals surface area contributed by atoms with E-state index < -0.39 is 10.8 Å². The Balaban J connectivity index is 2.33. The van der Waals surface area contributed by atoms with Crippen LogP contribution in [0.2, 0.25) is 0 Å². The molecule has 0 aromatic heterocycles. The van der Waals surface area contributed by atoms with Crippen LogP contribution < -0.4 is 11.3 Å². The van der Waals surface area contributed by atoms with Crippen molar-refractivity contribution in [2.75, 3.05) is 31.1 Å².